The molecule has 0 aliphatic carbocycles. The molecule has 0 spiro atoms. The van der Waals surface area contributed by atoms with Gasteiger partial charge in [-0.3, -0.25) is 9.59 Å². The number of aliphatic carboxylic acids is 2. The van der Waals surface area contributed by atoms with Gasteiger partial charge in [-0.2, -0.15) is 0 Å². The summed E-state index contributed by atoms with van der Waals surface area (Å²) >= 11 is 6.01. The second kappa shape index (κ2) is 10.7. The summed E-state index contributed by atoms with van der Waals surface area (Å²) in [4.78, 5) is 25.1. The smallest absolute Gasteiger partial charge is 0.310 e. The third-order valence-electron chi connectivity index (χ3n) is 5.95. The van der Waals surface area contributed by atoms with Crippen LogP contribution in [0.1, 0.15) is 56.2 Å². The Labute approximate surface area is 204 Å². The van der Waals surface area contributed by atoms with Crippen molar-refractivity contribution < 1.29 is 19.8 Å². The van der Waals surface area contributed by atoms with Crippen molar-refractivity contribution in [2.24, 2.45) is 5.92 Å². The lowest BCUT2D eigenvalue weighted by molar-refractivity contribution is -0.139. The number of benzene rings is 3. The summed E-state index contributed by atoms with van der Waals surface area (Å²) < 4.78 is 0. The van der Waals surface area contributed by atoms with Crippen LogP contribution < -0.4 is 0 Å². The summed E-state index contributed by atoms with van der Waals surface area (Å²) in [5.74, 6) is -1.89. The van der Waals surface area contributed by atoms with Gasteiger partial charge in [0.25, 0.3) is 0 Å². The Morgan fingerprint density at radius 2 is 1.35 bits per heavy atom. The number of nitrogens with one attached hydrogen (secondary N) is 1. The minimum Gasteiger partial charge on any atom is -0.481 e. The second-order valence-electron chi connectivity index (χ2n) is 9.08. The van der Waals surface area contributed by atoms with Crippen molar-refractivity contribution in [1.29, 1.82) is 0 Å². The average molecular weight is 480 g/mol. The van der Waals surface area contributed by atoms with E-state index in [4.69, 9.17) is 21.8 Å². The van der Waals surface area contributed by atoms with E-state index < -0.39 is 23.8 Å². The first kappa shape index (κ1) is 25.3. The van der Waals surface area contributed by atoms with Gasteiger partial charge in [0.2, 0.25) is 0 Å². The molecule has 34 heavy (non-hydrogen) atoms. The molecule has 3 N–H and O–H groups in total. The number of aromatic amines is 1. The molecule has 0 aliphatic heterocycles. The Morgan fingerprint density at radius 3 is 1.94 bits per heavy atom. The maximum atomic E-state index is 11.0. The predicted molar refractivity (Wildman–Crippen MR) is 138 cm³/mol. The van der Waals surface area contributed by atoms with E-state index in [2.05, 4.69) is 18.8 Å². The van der Waals surface area contributed by atoms with E-state index in [-0.39, 0.29) is 0 Å². The quantitative estimate of drug-likeness (QED) is 0.272. The number of carboxylic acids is 2. The normalized spacial score (nSPS) is 12.9. The van der Waals surface area contributed by atoms with Gasteiger partial charge in [0, 0.05) is 26.8 Å². The Hall–Kier alpha value is -3.31. The molecule has 1 aromatic heterocycles. The Bertz CT molecular complexity index is 1310. The number of aromatic nitrogens is 1. The maximum absolute atomic E-state index is 11.0. The van der Waals surface area contributed by atoms with E-state index in [1.165, 1.54) is 5.56 Å². The van der Waals surface area contributed by atoms with Gasteiger partial charge in [0.15, 0.2) is 0 Å². The van der Waals surface area contributed by atoms with Gasteiger partial charge in [-0.1, -0.05) is 61.8 Å². The van der Waals surface area contributed by atoms with Gasteiger partial charge >= 0.3 is 11.9 Å². The maximum Gasteiger partial charge on any atom is 0.310 e. The highest BCUT2D eigenvalue weighted by Crippen LogP contribution is 2.30. The van der Waals surface area contributed by atoms with Gasteiger partial charge < -0.3 is 15.2 Å². The summed E-state index contributed by atoms with van der Waals surface area (Å²) in [5.41, 5.74) is 4.86. The number of carboxylic acid groups (broad SMARTS) is 2. The lowest BCUT2D eigenvalue weighted by Gasteiger charge is -2.09. The largest absolute Gasteiger partial charge is 0.481 e. The minimum absolute atomic E-state index is 0.418. The van der Waals surface area contributed by atoms with Crippen molar-refractivity contribution in [3.05, 3.63) is 82.4 Å². The lowest BCUT2D eigenvalue weighted by Crippen LogP contribution is -2.07. The molecular weight excluding hydrogens is 450 g/mol. The highest BCUT2D eigenvalue weighted by atomic mass is 35.5. The van der Waals surface area contributed by atoms with Crippen LogP contribution in [0.25, 0.3) is 21.8 Å². The molecule has 6 heteroatoms. The van der Waals surface area contributed by atoms with E-state index in [9.17, 15) is 9.59 Å². The molecular formula is C28H30ClNO4. The van der Waals surface area contributed by atoms with Crippen LogP contribution in [-0.4, -0.2) is 27.1 Å². The molecule has 5 nitrogen and oxygen atoms in total. The highest BCUT2D eigenvalue weighted by Gasteiger charge is 2.15. The summed E-state index contributed by atoms with van der Waals surface area (Å²) in [5, 5.41) is 20.7. The number of hydrogen-bond donors (Lipinski definition) is 3. The van der Waals surface area contributed by atoms with Crippen LogP contribution in [0.4, 0.5) is 0 Å². The van der Waals surface area contributed by atoms with Gasteiger partial charge in [-0.25, -0.2) is 0 Å². The predicted octanol–water partition coefficient (Wildman–Crippen LogP) is 7.24. The lowest BCUT2D eigenvalue weighted by atomic mass is 9.97. The topological polar surface area (TPSA) is 90.4 Å². The van der Waals surface area contributed by atoms with Crippen molar-refractivity contribution >= 4 is 45.3 Å². The van der Waals surface area contributed by atoms with E-state index >= 15 is 0 Å². The SMILES string of the molecule is CC(C(=O)O)c1ccc2c(c1)[nH]c1ccc(Cl)cc12.CC(C)Cc1ccc(C(C)C(=O)O)cc1. The molecule has 178 valence electrons. The second-order valence-corrected chi connectivity index (χ2v) is 9.52. The first-order valence-corrected chi connectivity index (χ1v) is 11.7. The van der Waals surface area contributed by atoms with E-state index in [1.54, 1.807) is 13.8 Å². The number of H-pyrrole nitrogens is 1. The summed E-state index contributed by atoms with van der Waals surface area (Å²) in [6.07, 6.45) is 1.04. The molecule has 4 rings (SSSR count). The van der Waals surface area contributed by atoms with Crippen LogP contribution in [0.2, 0.25) is 5.02 Å². The highest BCUT2D eigenvalue weighted by molar-refractivity contribution is 6.31. The van der Waals surface area contributed by atoms with Crippen LogP contribution in [0.5, 0.6) is 0 Å². The number of rotatable bonds is 6. The van der Waals surface area contributed by atoms with Gasteiger partial charge in [0.05, 0.1) is 11.8 Å². The summed E-state index contributed by atoms with van der Waals surface area (Å²) in [7, 11) is 0. The summed E-state index contributed by atoms with van der Waals surface area (Å²) in [6.45, 7) is 7.74. The Morgan fingerprint density at radius 1 is 0.765 bits per heavy atom. The van der Waals surface area contributed by atoms with Crippen molar-refractivity contribution in [2.45, 2.75) is 46.0 Å². The zero-order valence-electron chi connectivity index (χ0n) is 19.8. The van der Waals surface area contributed by atoms with Crippen molar-refractivity contribution in [3.8, 4) is 0 Å². The first-order valence-electron chi connectivity index (χ1n) is 11.3. The number of hydrogen-bond acceptors (Lipinski definition) is 2. The zero-order valence-corrected chi connectivity index (χ0v) is 20.6. The van der Waals surface area contributed by atoms with E-state index in [0.29, 0.717) is 10.9 Å². The standard InChI is InChI=1S/C15H12ClNO2.C13H18O2/c1-8(15(18)19)9-2-4-11-12-7-10(16)3-5-13(12)17-14(11)6-9;1-9(2)8-11-4-6-12(7-5-11)10(3)13(14)15/h2-8,17H,1H3,(H,18,19);4-7,9-10H,8H2,1-3H3,(H,14,15). The van der Waals surface area contributed by atoms with Crippen molar-refractivity contribution in [2.75, 3.05) is 0 Å². The van der Waals surface area contributed by atoms with E-state index in [0.717, 1.165) is 39.4 Å². The number of carbonyl (C=O) groups is 2. The Balaban J connectivity index is 0.000000197. The molecule has 0 fully saturated rings. The van der Waals surface area contributed by atoms with Gasteiger partial charge in [-0.15, -0.1) is 0 Å². The molecule has 2 unspecified atom stereocenters. The number of halogens is 1. The number of fused-ring (bicyclic) bond motifs is 3. The molecule has 3 aromatic carbocycles. The molecule has 0 radical (unpaired) electrons. The molecule has 0 aliphatic rings. The molecule has 1 heterocycles. The van der Waals surface area contributed by atoms with Crippen LogP contribution >= 0.6 is 11.6 Å². The molecule has 0 saturated heterocycles. The van der Waals surface area contributed by atoms with E-state index in [1.807, 2.05) is 60.7 Å². The average Bonchev–Trinajstić information content (AvgIpc) is 3.15. The molecule has 0 amide bonds. The molecule has 4 aromatic rings. The fourth-order valence-electron chi connectivity index (χ4n) is 3.86. The zero-order chi connectivity index (χ0) is 25.0. The fourth-order valence-corrected chi connectivity index (χ4v) is 4.03. The monoisotopic (exact) mass is 479 g/mol. The first-order chi connectivity index (χ1) is 16.1. The molecule has 0 bridgehead atoms. The third kappa shape index (κ3) is 5.97. The van der Waals surface area contributed by atoms with Gasteiger partial charge in [0.1, 0.15) is 0 Å². The summed E-state index contributed by atoms with van der Waals surface area (Å²) in [6, 6.07) is 19.2. The minimum atomic E-state index is -0.821. The van der Waals surface area contributed by atoms with Crippen LogP contribution in [0.15, 0.2) is 60.7 Å². The van der Waals surface area contributed by atoms with Gasteiger partial charge in [-0.05, 0) is 67.1 Å². The fraction of sp³-hybridized carbons (Fsp3) is 0.286. The molecule has 2 atom stereocenters. The third-order valence-corrected chi connectivity index (χ3v) is 6.18. The van der Waals surface area contributed by atoms with Crippen LogP contribution in [-0.2, 0) is 16.0 Å². The van der Waals surface area contributed by atoms with Crippen LogP contribution in [0, 0.1) is 5.92 Å². The Kier molecular flexibility index (Phi) is 8.00. The van der Waals surface area contributed by atoms with Crippen LogP contribution in [0.3, 0.4) is 0 Å². The van der Waals surface area contributed by atoms with Crippen molar-refractivity contribution in [1.82, 2.24) is 4.98 Å². The van der Waals surface area contributed by atoms with Crippen molar-refractivity contribution in [3.63, 3.8) is 0 Å². The molecule has 0 saturated carbocycles.